The largest absolute Gasteiger partial charge is 0.328 e. The summed E-state index contributed by atoms with van der Waals surface area (Å²) in [6.07, 6.45) is 1.21. The third-order valence-electron chi connectivity index (χ3n) is 3.95. The van der Waals surface area contributed by atoms with Crippen molar-refractivity contribution in [3.8, 4) is 0 Å². The summed E-state index contributed by atoms with van der Waals surface area (Å²) in [5, 5.41) is 11.1. The lowest BCUT2D eigenvalue weighted by atomic mass is 10.1. The summed E-state index contributed by atoms with van der Waals surface area (Å²) in [7, 11) is -3.71. The molecule has 0 aliphatic carbocycles. The molecule has 2 N–H and O–H groups in total. The summed E-state index contributed by atoms with van der Waals surface area (Å²) in [6, 6.07) is 2.66. The van der Waals surface area contributed by atoms with Crippen LogP contribution in [-0.2, 0) is 10.0 Å². The first-order chi connectivity index (χ1) is 9.73. The molecule has 7 nitrogen and oxygen atoms in total. The van der Waals surface area contributed by atoms with E-state index in [-0.39, 0.29) is 16.6 Å². The Kier molecular flexibility index (Phi) is 4.31. The van der Waals surface area contributed by atoms with Gasteiger partial charge in [-0.15, -0.1) is 0 Å². The molecule has 0 spiro atoms. The fraction of sp³-hybridized carbons (Fsp3) is 0.538. The van der Waals surface area contributed by atoms with Crippen molar-refractivity contribution in [3.63, 3.8) is 0 Å². The van der Waals surface area contributed by atoms with Crippen LogP contribution in [0.25, 0.3) is 0 Å². The van der Waals surface area contributed by atoms with Gasteiger partial charge in [0.25, 0.3) is 5.69 Å². The summed E-state index contributed by atoms with van der Waals surface area (Å²) >= 11 is 0. The average Bonchev–Trinajstić information content (AvgIpc) is 2.41. The monoisotopic (exact) mass is 313 g/mol. The molecule has 1 aliphatic rings. The van der Waals surface area contributed by atoms with E-state index in [9.17, 15) is 18.5 Å². The molecule has 1 aliphatic heterocycles. The molecule has 116 valence electrons. The highest BCUT2D eigenvalue weighted by molar-refractivity contribution is 7.89. The maximum absolute atomic E-state index is 12.6. The molecule has 8 heteroatoms. The number of piperidine rings is 1. The molecule has 0 unspecified atom stereocenters. The number of benzene rings is 1. The lowest BCUT2D eigenvalue weighted by Crippen LogP contribution is -2.42. The zero-order chi connectivity index (χ0) is 15.8. The standard InChI is InChI=1S/C13H19N3O4S/c1-9-7-12(8-13(10(9)2)16(17)18)21(19,20)15-5-3-11(14)4-6-15/h7-8,11H,3-6,14H2,1-2H3. The van der Waals surface area contributed by atoms with E-state index < -0.39 is 14.9 Å². The molecule has 0 amide bonds. The van der Waals surface area contributed by atoms with E-state index in [0.29, 0.717) is 37.1 Å². The number of hydrogen-bond donors (Lipinski definition) is 1. The highest BCUT2D eigenvalue weighted by atomic mass is 32.2. The second kappa shape index (κ2) is 5.70. The minimum absolute atomic E-state index is 0.0190. The van der Waals surface area contributed by atoms with E-state index in [4.69, 9.17) is 5.73 Å². The van der Waals surface area contributed by atoms with Gasteiger partial charge in [-0.25, -0.2) is 8.42 Å². The van der Waals surface area contributed by atoms with Crippen molar-refractivity contribution in [2.75, 3.05) is 13.1 Å². The van der Waals surface area contributed by atoms with Crippen LogP contribution >= 0.6 is 0 Å². The van der Waals surface area contributed by atoms with E-state index >= 15 is 0 Å². The molecular formula is C13H19N3O4S. The number of hydrogen-bond acceptors (Lipinski definition) is 5. The Morgan fingerprint density at radius 1 is 1.29 bits per heavy atom. The second-order valence-electron chi connectivity index (χ2n) is 5.38. The van der Waals surface area contributed by atoms with Crippen LogP contribution in [-0.4, -0.2) is 36.8 Å². The Hall–Kier alpha value is -1.51. The van der Waals surface area contributed by atoms with Crippen LogP contribution < -0.4 is 5.73 Å². The van der Waals surface area contributed by atoms with Crippen molar-refractivity contribution in [1.29, 1.82) is 0 Å². The number of nitrogens with two attached hydrogens (primary N) is 1. The summed E-state index contributed by atoms with van der Waals surface area (Å²) in [5.41, 5.74) is 6.69. The van der Waals surface area contributed by atoms with Crippen LogP contribution in [0.3, 0.4) is 0 Å². The van der Waals surface area contributed by atoms with Crippen LogP contribution in [0.5, 0.6) is 0 Å². The van der Waals surface area contributed by atoms with Crippen molar-refractivity contribution in [1.82, 2.24) is 4.31 Å². The smallest absolute Gasteiger partial charge is 0.273 e. The maximum atomic E-state index is 12.6. The van der Waals surface area contributed by atoms with Crippen LogP contribution in [0, 0.1) is 24.0 Å². The van der Waals surface area contributed by atoms with Gasteiger partial charge in [-0.1, -0.05) is 0 Å². The van der Waals surface area contributed by atoms with Crippen molar-refractivity contribution in [2.24, 2.45) is 5.73 Å². The van der Waals surface area contributed by atoms with Gasteiger partial charge in [0.05, 0.1) is 9.82 Å². The van der Waals surface area contributed by atoms with Gasteiger partial charge in [-0.2, -0.15) is 4.31 Å². The van der Waals surface area contributed by atoms with Gasteiger partial charge in [0.1, 0.15) is 0 Å². The first-order valence-corrected chi connectivity index (χ1v) is 8.19. The maximum Gasteiger partial charge on any atom is 0.273 e. The first-order valence-electron chi connectivity index (χ1n) is 6.75. The Morgan fingerprint density at radius 3 is 2.38 bits per heavy atom. The summed E-state index contributed by atoms with van der Waals surface area (Å²) < 4.78 is 26.5. The second-order valence-corrected chi connectivity index (χ2v) is 7.32. The molecule has 1 heterocycles. The minimum atomic E-state index is -3.71. The van der Waals surface area contributed by atoms with Crippen molar-refractivity contribution in [3.05, 3.63) is 33.4 Å². The molecule has 0 atom stereocenters. The van der Waals surface area contributed by atoms with Gasteiger partial charge in [0.15, 0.2) is 0 Å². The van der Waals surface area contributed by atoms with E-state index in [1.807, 2.05) is 0 Å². The molecule has 21 heavy (non-hydrogen) atoms. The molecule has 1 fully saturated rings. The Labute approximate surface area is 123 Å². The third-order valence-corrected chi connectivity index (χ3v) is 5.82. The highest BCUT2D eigenvalue weighted by Crippen LogP contribution is 2.28. The number of nitro groups is 1. The molecule has 1 saturated heterocycles. The summed E-state index contributed by atoms with van der Waals surface area (Å²) in [4.78, 5) is 10.5. The normalized spacial score (nSPS) is 17.9. The lowest BCUT2D eigenvalue weighted by molar-refractivity contribution is -0.385. The minimum Gasteiger partial charge on any atom is -0.328 e. The third kappa shape index (κ3) is 3.07. The van der Waals surface area contributed by atoms with E-state index in [2.05, 4.69) is 0 Å². The zero-order valence-corrected chi connectivity index (χ0v) is 12.9. The number of aryl methyl sites for hydroxylation is 1. The molecule has 1 aromatic carbocycles. The predicted octanol–water partition coefficient (Wildman–Crippen LogP) is 1.32. The van der Waals surface area contributed by atoms with Crippen LogP contribution in [0.15, 0.2) is 17.0 Å². The van der Waals surface area contributed by atoms with Crippen molar-refractivity contribution >= 4 is 15.7 Å². The van der Waals surface area contributed by atoms with Gasteiger partial charge in [-0.3, -0.25) is 10.1 Å². The first kappa shape index (κ1) is 15.9. The molecule has 2 rings (SSSR count). The fourth-order valence-electron chi connectivity index (χ4n) is 2.41. The lowest BCUT2D eigenvalue weighted by Gasteiger charge is -2.29. The molecule has 1 aromatic rings. The Balaban J connectivity index is 2.43. The number of rotatable bonds is 3. The van der Waals surface area contributed by atoms with Crippen molar-refractivity contribution < 1.29 is 13.3 Å². The van der Waals surface area contributed by atoms with Crippen LogP contribution in [0.1, 0.15) is 24.0 Å². The molecule has 0 bridgehead atoms. The van der Waals surface area contributed by atoms with Gasteiger partial charge in [0.2, 0.25) is 10.0 Å². The highest BCUT2D eigenvalue weighted by Gasteiger charge is 2.30. The van der Waals surface area contributed by atoms with E-state index in [1.165, 1.54) is 10.4 Å². The fourth-order valence-corrected chi connectivity index (χ4v) is 3.99. The zero-order valence-electron chi connectivity index (χ0n) is 12.1. The number of nitro benzene ring substituents is 1. The van der Waals surface area contributed by atoms with Gasteiger partial charge < -0.3 is 5.73 Å². The van der Waals surface area contributed by atoms with Gasteiger partial charge in [0, 0.05) is 30.8 Å². The Bertz CT molecular complexity index is 664. The quantitative estimate of drug-likeness (QED) is 0.669. The molecule has 0 saturated carbocycles. The topological polar surface area (TPSA) is 107 Å². The molecular weight excluding hydrogens is 294 g/mol. The van der Waals surface area contributed by atoms with Crippen LogP contribution in [0.4, 0.5) is 5.69 Å². The van der Waals surface area contributed by atoms with Crippen LogP contribution in [0.2, 0.25) is 0 Å². The number of nitrogens with zero attached hydrogens (tertiary/aromatic N) is 2. The predicted molar refractivity (Wildman–Crippen MR) is 78.5 cm³/mol. The van der Waals surface area contributed by atoms with Gasteiger partial charge in [-0.05, 0) is 38.3 Å². The van der Waals surface area contributed by atoms with E-state index in [0.717, 1.165) is 6.07 Å². The van der Waals surface area contributed by atoms with Crippen molar-refractivity contribution in [2.45, 2.75) is 37.6 Å². The average molecular weight is 313 g/mol. The Morgan fingerprint density at radius 2 is 1.86 bits per heavy atom. The molecule has 0 radical (unpaired) electrons. The van der Waals surface area contributed by atoms with Gasteiger partial charge >= 0.3 is 0 Å². The van der Waals surface area contributed by atoms with E-state index in [1.54, 1.807) is 13.8 Å². The SMILES string of the molecule is Cc1cc(S(=O)(=O)N2CCC(N)CC2)cc([N+](=O)[O-])c1C. The molecule has 0 aromatic heterocycles. The summed E-state index contributed by atoms with van der Waals surface area (Å²) in [6.45, 7) is 3.99. The number of sulfonamides is 1. The summed E-state index contributed by atoms with van der Waals surface area (Å²) in [5.74, 6) is 0.